The minimum atomic E-state index is 0.216. The molecule has 3 heterocycles. The van der Waals surface area contributed by atoms with Crippen LogP contribution in [0.25, 0.3) is 44.4 Å². The number of piperidine rings is 1. The first kappa shape index (κ1) is 24.3. The molecular formula is C33H36N6. The van der Waals surface area contributed by atoms with Crippen LogP contribution in [0.2, 0.25) is 0 Å². The average Bonchev–Trinajstić information content (AvgIpc) is 3.38. The zero-order chi connectivity index (χ0) is 26.5. The molecule has 4 atom stereocenters. The van der Waals surface area contributed by atoms with E-state index in [4.69, 9.17) is 9.97 Å². The Labute approximate surface area is 229 Å². The molecule has 0 amide bonds. The number of imidazole rings is 2. The molecule has 2 fully saturated rings. The molecule has 1 saturated carbocycles. The summed E-state index contributed by atoms with van der Waals surface area (Å²) >= 11 is 0. The lowest BCUT2D eigenvalue weighted by molar-refractivity contribution is 0.451. The molecule has 6 nitrogen and oxygen atoms in total. The molecule has 5 aromatic rings. The van der Waals surface area contributed by atoms with E-state index in [1.807, 2.05) is 12.4 Å². The lowest BCUT2D eigenvalue weighted by Crippen LogP contribution is -2.28. The molecule has 39 heavy (non-hydrogen) atoms. The normalized spacial score (nSPS) is 21.0. The van der Waals surface area contributed by atoms with E-state index in [-0.39, 0.29) is 6.04 Å². The highest BCUT2D eigenvalue weighted by atomic mass is 15.1. The minimum absolute atomic E-state index is 0.216. The summed E-state index contributed by atoms with van der Waals surface area (Å²) < 4.78 is 0. The fourth-order valence-electron chi connectivity index (χ4n) is 6.26. The van der Waals surface area contributed by atoms with Gasteiger partial charge in [0.05, 0.1) is 35.9 Å². The van der Waals surface area contributed by atoms with Gasteiger partial charge in [0.2, 0.25) is 0 Å². The van der Waals surface area contributed by atoms with Crippen LogP contribution in [-0.2, 0) is 0 Å². The van der Waals surface area contributed by atoms with Crippen molar-refractivity contribution in [2.24, 2.45) is 5.92 Å². The van der Waals surface area contributed by atoms with Crippen LogP contribution in [0, 0.1) is 5.92 Å². The molecule has 0 spiro atoms. The maximum atomic E-state index is 4.75. The Morgan fingerprint density at radius 3 is 2.26 bits per heavy atom. The first-order valence-electron chi connectivity index (χ1n) is 14.3. The van der Waals surface area contributed by atoms with Gasteiger partial charge in [0.25, 0.3) is 0 Å². The van der Waals surface area contributed by atoms with E-state index in [1.165, 1.54) is 40.3 Å². The predicted molar refractivity (Wildman–Crippen MR) is 158 cm³/mol. The molecule has 0 bridgehead atoms. The smallest absolute Gasteiger partial charge is 0.123 e. The number of benzene rings is 3. The second-order valence-corrected chi connectivity index (χ2v) is 11.5. The third-order valence-electron chi connectivity index (χ3n) is 8.39. The van der Waals surface area contributed by atoms with Gasteiger partial charge in [-0.1, -0.05) is 81.4 Å². The van der Waals surface area contributed by atoms with Crippen molar-refractivity contribution in [2.75, 3.05) is 0 Å². The first-order valence-corrected chi connectivity index (χ1v) is 14.3. The Kier molecular flexibility index (Phi) is 6.09. The third-order valence-corrected chi connectivity index (χ3v) is 8.39. The number of hydrogen-bond donors (Lipinski definition) is 4. The van der Waals surface area contributed by atoms with Crippen molar-refractivity contribution >= 4 is 10.8 Å². The number of nitrogens with zero attached hydrogens (tertiary/aromatic N) is 2. The molecule has 1 aliphatic heterocycles. The van der Waals surface area contributed by atoms with E-state index in [9.17, 15) is 0 Å². The molecule has 1 saturated heterocycles. The van der Waals surface area contributed by atoms with Crippen LogP contribution in [0.3, 0.4) is 0 Å². The summed E-state index contributed by atoms with van der Waals surface area (Å²) in [5.74, 6) is 2.91. The lowest BCUT2D eigenvalue weighted by atomic mass is 9.94. The van der Waals surface area contributed by atoms with Crippen LogP contribution < -0.4 is 10.6 Å². The summed E-state index contributed by atoms with van der Waals surface area (Å²) in [4.78, 5) is 16.6. The van der Waals surface area contributed by atoms with Crippen LogP contribution >= 0.6 is 0 Å². The van der Waals surface area contributed by atoms with E-state index >= 15 is 0 Å². The van der Waals surface area contributed by atoms with E-state index in [0.29, 0.717) is 12.1 Å². The van der Waals surface area contributed by atoms with Crippen LogP contribution in [0.1, 0.15) is 63.8 Å². The third kappa shape index (κ3) is 4.58. The Morgan fingerprint density at radius 1 is 0.821 bits per heavy atom. The average molecular weight is 517 g/mol. The standard InChI is InChI=1S/C33H36N6/c1-4-27(36-19(2)3)32-35-18-31(39-32)26-10-6-8-24-23(7-5-9-25(24)26)20-11-13-21(14-12-20)30-17-34-33(38-30)29-16-22-15-28(22)37-29/h5-14,17-19,22,27-29,36-37H,4,15-16H2,1-3H3,(H,34,38)(H,35,39)/t22?,27-,28?,29-/m0/s1. The largest absolute Gasteiger partial charge is 0.341 e. The molecule has 4 N–H and O–H groups in total. The number of hydrogen-bond acceptors (Lipinski definition) is 4. The van der Waals surface area contributed by atoms with Crippen molar-refractivity contribution in [3.05, 3.63) is 84.7 Å². The number of nitrogens with one attached hydrogen (secondary N) is 4. The Morgan fingerprint density at radius 2 is 1.54 bits per heavy atom. The summed E-state index contributed by atoms with van der Waals surface area (Å²) in [5, 5.41) is 9.76. The monoisotopic (exact) mass is 516 g/mol. The van der Waals surface area contributed by atoms with Gasteiger partial charge in [0.15, 0.2) is 0 Å². The van der Waals surface area contributed by atoms with Gasteiger partial charge < -0.3 is 20.6 Å². The van der Waals surface area contributed by atoms with E-state index in [1.54, 1.807) is 0 Å². The van der Waals surface area contributed by atoms with Gasteiger partial charge in [0, 0.05) is 17.6 Å². The number of rotatable bonds is 8. The summed E-state index contributed by atoms with van der Waals surface area (Å²) in [6, 6.07) is 23.7. The van der Waals surface area contributed by atoms with Crippen molar-refractivity contribution in [2.45, 2.75) is 64.2 Å². The van der Waals surface area contributed by atoms with Crippen molar-refractivity contribution in [3.63, 3.8) is 0 Å². The zero-order valence-electron chi connectivity index (χ0n) is 22.8. The van der Waals surface area contributed by atoms with Crippen LogP contribution in [0.4, 0.5) is 0 Å². The molecule has 2 aromatic heterocycles. The number of H-pyrrole nitrogens is 2. The van der Waals surface area contributed by atoms with Gasteiger partial charge >= 0.3 is 0 Å². The lowest BCUT2D eigenvalue weighted by Gasteiger charge is -2.17. The zero-order valence-corrected chi connectivity index (χ0v) is 22.8. The van der Waals surface area contributed by atoms with Crippen molar-refractivity contribution in [3.8, 4) is 33.6 Å². The maximum absolute atomic E-state index is 4.75. The van der Waals surface area contributed by atoms with Crippen molar-refractivity contribution < 1.29 is 0 Å². The van der Waals surface area contributed by atoms with Crippen molar-refractivity contribution in [1.29, 1.82) is 0 Å². The molecule has 2 unspecified atom stereocenters. The second-order valence-electron chi connectivity index (χ2n) is 11.5. The molecule has 3 aromatic carbocycles. The maximum Gasteiger partial charge on any atom is 0.123 e. The quantitative estimate of drug-likeness (QED) is 0.176. The van der Waals surface area contributed by atoms with Crippen LogP contribution in [0.5, 0.6) is 0 Å². The Hall–Kier alpha value is -3.74. The fraction of sp³-hybridized carbons (Fsp3) is 0.333. The molecule has 1 aliphatic carbocycles. The summed E-state index contributed by atoms with van der Waals surface area (Å²) in [6.07, 6.45) is 7.46. The minimum Gasteiger partial charge on any atom is -0.341 e. The van der Waals surface area contributed by atoms with Gasteiger partial charge in [-0.2, -0.15) is 0 Å². The SMILES string of the molecule is CC[C@H](NC(C)C)c1ncc(-c2cccc3c(-c4ccc(-c5cnc([C@@H]6CC7CC7N6)[nH]5)cc4)cccc23)[nH]1. The Balaban J connectivity index is 1.17. The number of fused-ring (bicyclic) bond motifs is 2. The predicted octanol–water partition coefficient (Wildman–Crippen LogP) is 7.16. The van der Waals surface area contributed by atoms with E-state index < -0.39 is 0 Å². The van der Waals surface area contributed by atoms with Gasteiger partial charge in [-0.3, -0.25) is 0 Å². The van der Waals surface area contributed by atoms with Crippen LogP contribution in [0.15, 0.2) is 73.1 Å². The van der Waals surface area contributed by atoms with Gasteiger partial charge in [-0.05, 0) is 52.6 Å². The van der Waals surface area contributed by atoms with E-state index in [2.05, 4.69) is 102 Å². The summed E-state index contributed by atoms with van der Waals surface area (Å²) in [6.45, 7) is 6.54. The summed E-state index contributed by atoms with van der Waals surface area (Å²) in [5.41, 5.74) is 6.89. The van der Waals surface area contributed by atoms with Gasteiger partial charge in [-0.25, -0.2) is 9.97 Å². The first-order chi connectivity index (χ1) is 19.1. The molecular weight excluding hydrogens is 480 g/mol. The second kappa shape index (κ2) is 9.78. The number of aromatic nitrogens is 4. The molecule has 198 valence electrons. The highest BCUT2D eigenvalue weighted by Crippen LogP contribution is 2.45. The van der Waals surface area contributed by atoms with Crippen molar-refractivity contribution in [1.82, 2.24) is 30.6 Å². The number of aromatic amines is 2. The Bertz CT molecular complexity index is 1600. The molecule has 7 rings (SSSR count). The van der Waals surface area contributed by atoms with Gasteiger partial charge in [0.1, 0.15) is 11.6 Å². The highest BCUT2D eigenvalue weighted by molar-refractivity contribution is 6.04. The fourth-order valence-corrected chi connectivity index (χ4v) is 6.26. The van der Waals surface area contributed by atoms with Gasteiger partial charge in [-0.15, -0.1) is 0 Å². The van der Waals surface area contributed by atoms with Crippen LogP contribution in [-0.4, -0.2) is 32.0 Å². The van der Waals surface area contributed by atoms with E-state index in [0.717, 1.165) is 47.0 Å². The summed E-state index contributed by atoms with van der Waals surface area (Å²) in [7, 11) is 0. The molecule has 6 heteroatoms. The highest BCUT2D eigenvalue weighted by Gasteiger charge is 2.46. The molecule has 2 aliphatic rings. The molecule has 0 radical (unpaired) electrons. The topological polar surface area (TPSA) is 81.4 Å².